The molecule has 98 valence electrons. The summed E-state index contributed by atoms with van der Waals surface area (Å²) < 4.78 is 0. The van der Waals surface area contributed by atoms with Gasteiger partial charge in [0.05, 0.1) is 6.42 Å². The standard InChI is InChI=1S/C15H22N2O/c1-13-5-2-6-14(11-13)12-15(18)17-9-3-7-16-8-4-10-17/h2,5-6,11,16H,3-4,7-10,12H2,1H3. The molecule has 0 atom stereocenters. The Morgan fingerprint density at radius 1 is 1.28 bits per heavy atom. The van der Waals surface area contributed by atoms with Crippen molar-refractivity contribution in [1.29, 1.82) is 0 Å². The molecule has 1 aromatic carbocycles. The molecule has 0 saturated carbocycles. The maximum Gasteiger partial charge on any atom is 0.226 e. The van der Waals surface area contributed by atoms with Crippen LogP contribution in [-0.2, 0) is 11.2 Å². The van der Waals surface area contributed by atoms with Crippen molar-refractivity contribution in [2.45, 2.75) is 26.2 Å². The molecule has 0 aromatic heterocycles. The molecule has 18 heavy (non-hydrogen) atoms. The van der Waals surface area contributed by atoms with E-state index >= 15 is 0 Å². The Morgan fingerprint density at radius 3 is 2.67 bits per heavy atom. The fourth-order valence-electron chi connectivity index (χ4n) is 2.38. The third-order valence-corrected chi connectivity index (χ3v) is 3.35. The van der Waals surface area contributed by atoms with Gasteiger partial charge in [-0.15, -0.1) is 0 Å². The maximum atomic E-state index is 12.2. The Labute approximate surface area is 109 Å². The van der Waals surface area contributed by atoms with Crippen LogP contribution in [-0.4, -0.2) is 37.0 Å². The molecular formula is C15H22N2O. The first-order chi connectivity index (χ1) is 8.75. The van der Waals surface area contributed by atoms with Crippen molar-refractivity contribution < 1.29 is 4.79 Å². The molecule has 1 aliphatic heterocycles. The van der Waals surface area contributed by atoms with Gasteiger partial charge in [-0.1, -0.05) is 29.8 Å². The van der Waals surface area contributed by atoms with Gasteiger partial charge in [-0.25, -0.2) is 0 Å². The van der Waals surface area contributed by atoms with E-state index < -0.39 is 0 Å². The van der Waals surface area contributed by atoms with E-state index in [9.17, 15) is 4.79 Å². The predicted octanol–water partition coefficient (Wildman–Crippen LogP) is 1.75. The van der Waals surface area contributed by atoms with Gasteiger partial charge in [0, 0.05) is 13.1 Å². The summed E-state index contributed by atoms with van der Waals surface area (Å²) in [5.74, 6) is 0.266. The number of nitrogens with one attached hydrogen (secondary N) is 1. The minimum Gasteiger partial charge on any atom is -0.342 e. The van der Waals surface area contributed by atoms with Gasteiger partial charge in [0.25, 0.3) is 0 Å². The average Bonchev–Trinajstić information content (AvgIpc) is 2.28. The highest BCUT2D eigenvalue weighted by Crippen LogP contribution is 2.08. The Morgan fingerprint density at radius 2 is 2.00 bits per heavy atom. The summed E-state index contributed by atoms with van der Waals surface area (Å²) in [6.07, 6.45) is 2.65. The summed E-state index contributed by atoms with van der Waals surface area (Å²) in [4.78, 5) is 14.3. The van der Waals surface area contributed by atoms with Crippen LogP contribution in [0, 0.1) is 6.92 Å². The van der Waals surface area contributed by atoms with Crippen LogP contribution < -0.4 is 5.32 Å². The Kier molecular flexibility index (Phi) is 4.76. The van der Waals surface area contributed by atoms with Gasteiger partial charge >= 0.3 is 0 Å². The number of nitrogens with zero attached hydrogens (tertiary/aromatic N) is 1. The van der Waals surface area contributed by atoms with Crippen molar-refractivity contribution in [3.05, 3.63) is 35.4 Å². The maximum absolute atomic E-state index is 12.2. The van der Waals surface area contributed by atoms with Crippen LogP contribution in [0.2, 0.25) is 0 Å². The Balaban J connectivity index is 1.93. The number of hydrogen-bond donors (Lipinski definition) is 1. The molecule has 3 heteroatoms. The number of amides is 1. The minimum absolute atomic E-state index is 0.266. The van der Waals surface area contributed by atoms with Crippen molar-refractivity contribution in [1.82, 2.24) is 10.2 Å². The predicted molar refractivity (Wildman–Crippen MR) is 73.6 cm³/mol. The first-order valence-corrected chi connectivity index (χ1v) is 6.80. The van der Waals surface area contributed by atoms with E-state index in [1.165, 1.54) is 5.56 Å². The Hall–Kier alpha value is -1.35. The molecule has 1 aromatic rings. The quantitative estimate of drug-likeness (QED) is 0.862. The lowest BCUT2D eigenvalue weighted by atomic mass is 10.1. The summed E-state index contributed by atoms with van der Waals surface area (Å²) in [6.45, 7) is 5.88. The van der Waals surface area contributed by atoms with Gasteiger partial charge in [-0.05, 0) is 38.4 Å². The van der Waals surface area contributed by atoms with Crippen molar-refractivity contribution in [2.24, 2.45) is 0 Å². The third-order valence-electron chi connectivity index (χ3n) is 3.35. The molecule has 1 aliphatic rings. The number of hydrogen-bond acceptors (Lipinski definition) is 2. The van der Waals surface area contributed by atoms with Crippen molar-refractivity contribution in [2.75, 3.05) is 26.2 Å². The van der Waals surface area contributed by atoms with Gasteiger partial charge in [0.2, 0.25) is 5.91 Å². The van der Waals surface area contributed by atoms with E-state index in [0.29, 0.717) is 6.42 Å². The molecule has 1 saturated heterocycles. The van der Waals surface area contributed by atoms with E-state index in [1.54, 1.807) is 0 Å². The van der Waals surface area contributed by atoms with Crippen LogP contribution in [0.1, 0.15) is 24.0 Å². The molecule has 1 heterocycles. The first kappa shape index (κ1) is 13.1. The highest BCUT2D eigenvalue weighted by molar-refractivity contribution is 5.78. The number of carbonyl (C=O) groups is 1. The molecule has 0 spiro atoms. The van der Waals surface area contributed by atoms with E-state index in [-0.39, 0.29) is 5.91 Å². The van der Waals surface area contributed by atoms with E-state index in [1.807, 2.05) is 17.0 Å². The minimum atomic E-state index is 0.266. The highest BCUT2D eigenvalue weighted by atomic mass is 16.2. The molecule has 3 nitrogen and oxygen atoms in total. The molecule has 1 amide bonds. The average molecular weight is 246 g/mol. The molecule has 2 rings (SSSR count). The Bertz CT molecular complexity index is 395. The lowest BCUT2D eigenvalue weighted by Crippen LogP contribution is -2.38. The normalized spacial score (nSPS) is 17.1. The van der Waals surface area contributed by atoms with Crippen LogP contribution >= 0.6 is 0 Å². The zero-order chi connectivity index (χ0) is 12.8. The van der Waals surface area contributed by atoms with Crippen LogP contribution in [0.3, 0.4) is 0 Å². The highest BCUT2D eigenvalue weighted by Gasteiger charge is 2.14. The van der Waals surface area contributed by atoms with Crippen LogP contribution in [0.15, 0.2) is 24.3 Å². The van der Waals surface area contributed by atoms with E-state index in [2.05, 4.69) is 24.4 Å². The van der Waals surface area contributed by atoms with Gasteiger partial charge in [-0.2, -0.15) is 0 Å². The zero-order valence-corrected chi connectivity index (χ0v) is 11.1. The van der Waals surface area contributed by atoms with Crippen LogP contribution in [0.5, 0.6) is 0 Å². The first-order valence-electron chi connectivity index (χ1n) is 6.80. The molecular weight excluding hydrogens is 224 g/mol. The smallest absolute Gasteiger partial charge is 0.226 e. The molecule has 1 N–H and O–H groups in total. The summed E-state index contributed by atoms with van der Waals surface area (Å²) in [5, 5.41) is 3.37. The zero-order valence-electron chi connectivity index (χ0n) is 11.1. The fraction of sp³-hybridized carbons (Fsp3) is 0.533. The molecule has 0 bridgehead atoms. The number of benzene rings is 1. The monoisotopic (exact) mass is 246 g/mol. The fourth-order valence-corrected chi connectivity index (χ4v) is 2.38. The van der Waals surface area contributed by atoms with Gasteiger partial charge < -0.3 is 10.2 Å². The van der Waals surface area contributed by atoms with Gasteiger partial charge in [0.1, 0.15) is 0 Å². The van der Waals surface area contributed by atoms with E-state index in [0.717, 1.165) is 44.6 Å². The molecule has 1 fully saturated rings. The number of carbonyl (C=O) groups excluding carboxylic acids is 1. The lowest BCUT2D eigenvalue weighted by Gasteiger charge is -2.25. The summed E-state index contributed by atoms with van der Waals surface area (Å²) >= 11 is 0. The molecule has 0 aliphatic carbocycles. The second-order valence-electron chi connectivity index (χ2n) is 5.00. The van der Waals surface area contributed by atoms with Crippen LogP contribution in [0.4, 0.5) is 0 Å². The third kappa shape index (κ3) is 3.84. The summed E-state index contributed by atoms with van der Waals surface area (Å²) in [7, 11) is 0. The van der Waals surface area contributed by atoms with Crippen molar-refractivity contribution in [3.63, 3.8) is 0 Å². The van der Waals surface area contributed by atoms with Gasteiger partial charge in [0.15, 0.2) is 0 Å². The SMILES string of the molecule is Cc1cccc(CC(=O)N2CCCNCCC2)c1. The van der Waals surface area contributed by atoms with Crippen LogP contribution in [0.25, 0.3) is 0 Å². The second-order valence-corrected chi connectivity index (χ2v) is 5.00. The largest absolute Gasteiger partial charge is 0.342 e. The van der Waals surface area contributed by atoms with Crippen molar-refractivity contribution >= 4 is 5.91 Å². The van der Waals surface area contributed by atoms with Crippen molar-refractivity contribution in [3.8, 4) is 0 Å². The van der Waals surface area contributed by atoms with E-state index in [4.69, 9.17) is 0 Å². The topological polar surface area (TPSA) is 32.3 Å². The number of aryl methyl sites for hydroxylation is 1. The summed E-state index contributed by atoms with van der Waals surface area (Å²) in [5.41, 5.74) is 2.34. The second kappa shape index (κ2) is 6.55. The lowest BCUT2D eigenvalue weighted by molar-refractivity contribution is -0.130. The molecule has 0 unspecified atom stereocenters. The summed E-state index contributed by atoms with van der Waals surface area (Å²) in [6, 6.07) is 8.23. The number of rotatable bonds is 2. The molecule has 0 radical (unpaired) electrons. The van der Waals surface area contributed by atoms with Gasteiger partial charge in [-0.3, -0.25) is 4.79 Å².